The fraction of sp³-hybridized carbons (Fsp3) is 0.769. The van der Waals surface area contributed by atoms with Gasteiger partial charge in [-0.05, 0) is 45.2 Å². The Kier molecular flexibility index (Phi) is 3.99. The van der Waals surface area contributed by atoms with E-state index in [1.165, 1.54) is 32.2 Å². The molecule has 1 fully saturated rings. The average molecular weight is 221 g/mol. The zero-order valence-corrected chi connectivity index (χ0v) is 10.4. The Bertz CT molecular complexity index is 288. The van der Waals surface area contributed by atoms with E-state index < -0.39 is 0 Å². The lowest BCUT2D eigenvalue weighted by atomic mass is 10.1. The van der Waals surface area contributed by atoms with Crippen LogP contribution in [0.4, 0.5) is 0 Å². The van der Waals surface area contributed by atoms with Gasteiger partial charge in [0, 0.05) is 18.4 Å². The van der Waals surface area contributed by atoms with Gasteiger partial charge in [-0.3, -0.25) is 4.68 Å². The van der Waals surface area contributed by atoms with Gasteiger partial charge in [-0.25, -0.2) is 0 Å². The standard InChI is InChI=1S/C13H23N3/c1-11(12(2)16-9-5-8-15-16)14-10-13-6-3-4-7-13/h5,8-9,11-14H,3-4,6-7,10H2,1-2H3/t11-,12+/m0/s1. The lowest BCUT2D eigenvalue weighted by molar-refractivity contribution is 0.343. The van der Waals surface area contributed by atoms with Crippen molar-refractivity contribution in [1.29, 1.82) is 0 Å². The number of nitrogens with zero attached hydrogens (tertiary/aromatic N) is 2. The van der Waals surface area contributed by atoms with Crippen molar-refractivity contribution < 1.29 is 0 Å². The number of aromatic nitrogens is 2. The van der Waals surface area contributed by atoms with Crippen LogP contribution in [-0.4, -0.2) is 22.4 Å². The van der Waals surface area contributed by atoms with E-state index in [0.29, 0.717) is 12.1 Å². The van der Waals surface area contributed by atoms with Crippen LogP contribution in [0.25, 0.3) is 0 Å². The Hall–Kier alpha value is -0.830. The number of hydrogen-bond donors (Lipinski definition) is 1. The first kappa shape index (κ1) is 11.6. The van der Waals surface area contributed by atoms with E-state index in [0.717, 1.165) is 5.92 Å². The summed E-state index contributed by atoms with van der Waals surface area (Å²) in [4.78, 5) is 0. The molecule has 3 heteroatoms. The van der Waals surface area contributed by atoms with E-state index in [2.05, 4.69) is 24.3 Å². The normalized spacial score (nSPS) is 21.1. The first-order valence-corrected chi connectivity index (χ1v) is 6.50. The molecule has 0 saturated heterocycles. The summed E-state index contributed by atoms with van der Waals surface area (Å²) < 4.78 is 2.03. The third-order valence-corrected chi connectivity index (χ3v) is 3.87. The van der Waals surface area contributed by atoms with Gasteiger partial charge in [0.05, 0.1) is 6.04 Å². The van der Waals surface area contributed by atoms with Crippen LogP contribution in [0.1, 0.15) is 45.6 Å². The van der Waals surface area contributed by atoms with Gasteiger partial charge in [-0.2, -0.15) is 5.10 Å². The van der Waals surface area contributed by atoms with Crippen LogP contribution < -0.4 is 5.32 Å². The third-order valence-electron chi connectivity index (χ3n) is 3.87. The van der Waals surface area contributed by atoms with Gasteiger partial charge in [0.1, 0.15) is 0 Å². The zero-order chi connectivity index (χ0) is 11.4. The van der Waals surface area contributed by atoms with Crippen LogP contribution in [-0.2, 0) is 0 Å². The molecule has 1 saturated carbocycles. The van der Waals surface area contributed by atoms with Crippen LogP contribution in [0.15, 0.2) is 18.5 Å². The van der Waals surface area contributed by atoms with E-state index in [4.69, 9.17) is 0 Å². The molecule has 0 radical (unpaired) electrons. The summed E-state index contributed by atoms with van der Waals surface area (Å²) in [5.74, 6) is 0.910. The molecule has 1 aliphatic rings. The lowest BCUT2D eigenvalue weighted by Crippen LogP contribution is -2.36. The summed E-state index contributed by atoms with van der Waals surface area (Å²) in [5, 5.41) is 7.95. The fourth-order valence-electron chi connectivity index (χ4n) is 2.49. The number of rotatable bonds is 5. The second-order valence-electron chi connectivity index (χ2n) is 5.07. The fourth-order valence-corrected chi connectivity index (χ4v) is 2.49. The molecule has 1 aliphatic carbocycles. The summed E-state index contributed by atoms with van der Waals surface area (Å²) in [5.41, 5.74) is 0. The maximum atomic E-state index is 4.29. The summed E-state index contributed by atoms with van der Waals surface area (Å²) in [6.07, 6.45) is 9.56. The molecule has 1 aromatic rings. The van der Waals surface area contributed by atoms with E-state index in [9.17, 15) is 0 Å². The van der Waals surface area contributed by atoms with Gasteiger partial charge in [-0.1, -0.05) is 12.8 Å². The molecule has 2 rings (SSSR count). The molecule has 0 aromatic carbocycles. The Labute approximate surface area is 98.2 Å². The summed E-state index contributed by atoms with van der Waals surface area (Å²) in [6.45, 7) is 5.65. The molecule has 2 atom stereocenters. The minimum absolute atomic E-state index is 0.427. The highest BCUT2D eigenvalue weighted by atomic mass is 15.3. The SMILES string of the molecule is C[C@H](NCC1CCCC1)[C@@H](C)n1cccn1. The summed E-state index contributed by atoms with van der Waals surface area (Å²) >= 11 is 0. The van der Waals surface area contributed by atoms with Gasteiger partial charge in [-0.15, -0.1) is 0 Å². The van der Waals surface area contributed by atoms with Crippen molar-refractivity contribution in [3.63, 3.8) is 0 Å². The van der Waals surface area contributed by atoms with Crippen molar-refractivity contribution in [3.8, 4) is 0 Å². The van der Waals surface area contributed by atoms with Crippen LogP contribution in [0, 0.1) is 5.92 Å². The Morgan fingerprint density at radius 3 is 2.75 bits per heavy atom. The van der Waals surface area contributed by atoms with Crippen molar-refractivity contribution >= 4 is 0 Å². The maximum absolute atomic E-state index is 4.29. The quantitative estimate of drug-likeness (QED) is 0.828. The Morgan fingerprint density at radius 1 is 1.38 bits per heavy atom. The van der Waals surface area contributed by atoms with Gasteiger partial charge in [0.2, 0.25) is 0 Å². The molecule has 0 amide bonds. The molecule has 90 valence electrons. The van der Waals surface area contributed by atoms with Gasteiger partial charge < -0.3 is 5.32 Å². The Balaban J connectivity index is 1.76. The molecule has 16 heavy (non-hydrogen) atoms. The van der Waals surface area contributed by atoms with Crippen LogP contribution in [0.3, 0.4) is 0 Å². The van der Waals surface area contributed by atoms with Crippen molar-refractivity contribution in [1.82, 2.24) is 15.1 Å². The van der Waals surface area contributed by atoms with Gasteiger partial charge >= 0.3 is 0 Å². The minimum atomic E-state index is 0.427. The third kappa shape index (κ3) is 2.85. The smallest absolute Gasteiger partial charge is 0.0641 e. The topological polar surface area (TPSA) is 29.9 Å². The first-order valence-electron chi connectivity index (χ1n) is 6.50. The second kappa shape index (κ2) is 5.48. The van der Waals surface area contributed by atoms with Crippen molar-refractivity contribution in [3.05, 3.63) is 18.5 Å². The number of nitrogens with one attached hydrogen (secondary N) is 1. The minimum Gasteiger partial charge on any atom is -0.312 e. The number of hydrogen-bond acceptors (Lipinski definition) is 2. The van der Waals surface area contributed by atoms with Crippen molar-refractivity contribution in [2.45, 2.75) is 51.6 Å². The van der Waals surface area contributed by atoms with Crippen LogP contribution in [0.5, 0.6) is 0 Å². The molecule has 3 nitrogen and oxygen atoms in total. The Morgan fingerprint density at radius 2 is 2.12 bits per heavy atom. The molecule has 0 unspecified atom stereocenters. The molecule has 0 aliphatic heterocycles. The second-order valence-corrected chi connectivity index (χ2v) is 5.07. The summed E-state index contributed by atoms with van der Waals surface area (Å²) in [7, 11) is 0. The lowest BCUT2D eigenvalue weighted by Gasteiger charge is -2.23. The molecular formula is C13H23N3. The molecule has 1 N–H and O–H groups in total. The highest BCUT2D eigenvalue weighted by Crippen LogP contribution is 2.24. The zero-order valence-electron chi connectivity index (χ0n) is 10.4. The first-order chi connectivity index (χ1) is 7.77. The van der Waals surface area contributed by atoms with E-state index in [1.807, 2.05) is 23.1 Å². The van der Waals surface area contributed by atoms with Crippen LogP contribution in [0.2, 0.25) is 0 Å². The highest BCUT2D eigenvalue weighted by Gasteiger charge is 2.18. The van der Waals surface area contributed by atoms with Gasteiger partial charge in [0.25, 0.3) is 0 Å². The van der Waals surface area contributed by atoms with Crippen molar-refractivity contribution in [2.75, 3.05) is 6.54 Å². The largest absolute Gasteiger partial charge is 0.312 e. The van der Waals surface area contributed by atoms with E-state index in [1.54, 1.807) is 0 Å². The predicted octanol–water partition coefficient (Wildman–Crippen LogP) is 2.61. The molecular weight excluding hydrogens is 198 g/mol. The highest BCUT2D eigenvalue weighted by molar-refractivity contribution is 4.84. The van der Waals surface area contributed by atoms with Gasteiger partial charge in [0.15, 0.2) is 0 Å². The molecule has 1 heterocycles. The monoisotopic (exact) mass is 221 g/mol. The van der Waals surface area contributed by atoms with Crippen LogP contribution >= 0.6 is 0 Å². The molecule has 0 bridgehead atoms. The average Bonchev–Trinajstić information content (AvgIpc) is 2.96. The predicted molar refractivity (Wildman–Crippen MR) is 66.4 cm³/mol. The summed E-state index contributed by atoms with van der Waals surface area (Å²) in [6, 6.07) is 2.90. The molecule has 1 aromatic heterocycles. The van der Waals surface area contributed by atoms with E-state index >= 15 is 0 Å². The molecule has 0 spiro atoms. The maximum Gasteiger partial charge on any atom is 0.0641 e. The van der Waals surface area contributed by atoms with E-state index in [-0.39, 0.29) is 0 Å². The van der Waals surface area contributed by atoms with Crippen molar-refractivity contribution in [2.24, 2.45) is 5.92 Å².